The van der Waals surface area contributed by atoms with E-state index in [1.807, 2.05) is 54.8 Å². The Morgan fingerprint density at radius 2 is 1.79 bits per heavy atom. The number of nitrogens with zero attached hydrogens (tertiary/aromatic N) is 2. The van der Waals surface area contributed by atoms with Gasteiger partial charge in [-0.3, -0.25) is 4.79 Å². The second kappa shape index (κ2) is 9.35. The molecule has 1 N–H and O–H groups in total. The SMILES string of the molecule is Cc1ccccc1NC(=O)Cc1nc(CSc2nc(-c3ccccc3)cs2)cs1. The molecule has 0 aliphatic rings. The Hall–Kier alpha value is -2.48. The highest BCUT2D eigenvalue weighted by Gasteiger charge is 2.11. The van der Waals surface area contributed by atoms with Crippen LogP contribution in [0.5, 0.6) is 0 Å². The monoisotopic (exact) mass is 437 g/mol. The molecule has 0 aliphatic carbocycles. The number of para-hydroxylation sites is 1. The quantitative estimate of drug-likeness (QED) is 0.358. The summed E-state index contributed by atoms with van der Waals surface area (Å²) < 4.78 is 1.02. The molecule has 146 valence electrons. The van der Waals surface area contributed by atoms with Crippen LogP contribution in [0.2, 0.25) is 0 Å². The van der Waals surface area contributed by atoms with Gasteiger partial charge in [0.25, 0.3) is 0 Å². The highest BCUT2D eigenvalue weighted by atomic mass is 32.2. The number of thioether (sulfide) groups is 1. The number of anilines is 1. The van der Waals surface area contributed by atoms with Crippen LogP contribution in [0.3, 0.4) is 0 Å². The second-order valence-electron chi connectivity index (χ2n) is 6.43. The zero-order valence-corrected chi connectivity index (χ0v) is 18.2. The molecule has 0 saturated carbocycles. The predicted molar refractivity (Wildman–Crippen MR) is 123 cm³/mol. The van der Waals surface area contributed by atoms with E-state index in [4.69, 9.17) is 4.98 Å². The maximum Gasteiger partial charge on any atom is 0.231 e. The largest absolute Gasteiger partial charge is 0.325 e. The van der Waals surface area contributed by atoms with Gasteiger partial charge in [0.15, 0.2) is 4.34 Å². The van der Waals surface area contributed by atoms with E-state index < -0.39 is 0 Å². The van der Waals surface area contributed by atoms with Gasteiger partial charge < -0.3 is 5.32 Å². The topological polar surface area (TPSA) is 54.9 Å². The number of aryl methyl sites for hydroxylation is 1. The molecule has 4 nitrogen and oxygen atoms in total. The fraction of sp³-hybridized carbons (Fsp3) is 0.136. The van der Waals surface area contributed by atoms with Crippen LogP contribution >= 0.6 is 34.4 Å². The van der Waals surface area contributed by atoms with Crippen molar-refractivity contribution in [2.75, 3.05) is 5.32 Å². The Balaban J connectivity index is 1.31. The molecule has 2 aromatic carbocycles. The molecular weight excluding hydrogens is 418 g/mol. The highest BCUT2D eigenvalue weighted by molar-refractivity contribution is 8.00. The van der Waals surface area contributed by atoms with Crippen molar-refractivity contribution in [1.29, 1.82) is 0 Å². The summed E-state index contributed by atoms with van der Waals surface area (Å²) in [5.74, 6) is 0.706. The molecule has 2 heterocycles. The second-order valence-corrected chi connectivity index (χ2v) is 9.45. The predicted octanol–water partition coefficient (Wildman–Crippen LogP) is 6.05. The van der Waals surface area contributed by atoms with Crippen molar-refractivity contribution in [2.24, 2.45) is 0 Å². The van der Waals surface area contributed by atoms with E-state index in [9.17, 15) is 4.79 Å². The molecule has 0 aliphatic heterocycles. The number of benzene rings is 2. The van der Waals surface area contributed by atoms with Gasteiger partial charge in [-0.25, -0.2) is 9.97 Å². The van der Waals surface area contributed by atoms with Gasteiger partial charge in [-0.05, 0) is 18.6 Å². The molecule has 0 unspecified atom stereocenters. The van der Waals surface area contributed by atoms with Crippen LogP contribution in [-0.2, 0) is 17.0 Å². The fourth-order valence-electron chi connectivity index (χ4n) is 2.74. The number of thiazole rings is 2. The highest BCUT2D eigenvalue weighted by Crippen LogP contribution is 2.30. The maximum absolute atomic E-state index is 12.3. The van der Waals surface area contributed by atoms with Crippen LogP contribution in [0.15, 0.2) is 69.7 Å². The van der Waals surface area contributed by atoms with E-state index in [2.05, 4.69) is 27.8 Å². The molecule has 0 radical (unpaired) electrons. The van der Waals surface area contributed by atoms with Crippen LogP contribution in [0.1, 0.15) is 16.3 Å². The molecule has 4 aromatic rings. The summed E-state index contributed by atoms with van der Waals surface area (Å²) in [4.78, 5) is 21.6. The van der Waals surface area contributed by atoms with E-state index in [-0.39, 0.29) is 5.91 Å². The van der Waals surface area contributed by atoms with Crippen molar-refractivity contribution < 1.29 is 4.79 Å². The smallest absolute Gasteiger partial charge is 0.231 e. The summed E-state index contributed by atoms with van der Waals surface area (Å²) in [5, 5.41) is 7.89. The number of nitrogens with one attached hydrogen (secondary N) is 1. The lowest BCUT2D eigenvalue weighted by Gasteiger charge is -2.06. The Morgan fingerprint density at radius 1 is 1.00 bits per heavy atom. The number of aromatic nitrogens is 2. The first-order chi connectivity index (χ1) is 14.2. The molecule has 0 bridgehead atoms. The summed E-state index contributed by atoms with van der Waals surface area (Å²) in [6, 6.07) is 18.0. The van der Waals surface area contributed by atoms with Crippen LogP contribution in [0, 0.1) is 6.92 Å². The Labute approximate surface area is 182 Å². The summed E-state index contributed by atoms with van der Waals surface area (Å²) in [5.41, 5.74) is 5.02. The van der Waals surface area contributed by atoms with Gasteiger partial charge in [-0.15, -0.1) is 22.7 Å². The van der Waals surface area contributed by atoms with Crippen LogP contribution in [0.25, 0.3) is 11.3 Å². The fourth-order valence-corrected chi connectivity index (χ4v) is 5.37. The van der Waals surface area contributed by atoms with Crippen molar-refractivity contribution in [3.63, 3.8) is 0 Å². The molecule has 2 aromatic heterocycles. The van der Waals surface area contributed by atoms with E-state index in [0.717, 1.165) is 43.3 Å². The first-order valence-corrected chi connectivity index (χ1v) is 11.8. The minimum Gasteiger partial charge on any atom is -0.325 e. The van der Waals surface area contributed by atoms with Gasteiger partial charge in [0.1, 0.15) is 5.01 Å². The van der Waals surface area contributed by atoms with Crippen LogP contribution in [0.4, 0.5) is 5.69 Å². The van der Waals surface area contributed by atoms with Crippen molar-refractivity contribution in [2.45, 2.75) is 23.4 Å². The van der Waals surface area contributed by atoms with Gasteiger partial charge >= 0.3 is 0 Å². The van der Waals surface area contributed by atoms with Crippen molar-refractivity contribution >= 4 is 46.0 Å². The van der Waals surface area contributed by atoms with Crippen molar-refractivity contribution in [3.05, 3.63) is 81.6 Å². The lowest BCUT2D eigenvalue weighted by atomic mass is 10.2. The molecule has 29 heavy (non-hydrogen) atoms. The standard InChI is InChI=1S/C22H19N3OS3/c1-15-7-5-6-10-18(15)24-20(26)11-21-23-17(12-27-21)13-28-22-25-19(14-29-22)16-8-3-2-4-9-16/h2-10,12,14H,11,13H2,1H3,(H,24,26). The average molecular weight is 438 g/mol. The van der Waals surface area contributed by atoms with Gasteiger partial charge in [-0.1, -0.05) is 60.3 Å². The number of amides is 1. The van der Waals surface area contributed by atoms with E-state index in [1.165, 1.54) is 11.3 Å². The molecule has 0 fully saturated rings. The normalized spacial score (nSPS) is 10.8. The first-order valence-electron chi connectivity index (χ1n) is 9.10. The number of hydrogen-bond donors (Lipinski definition) is 1. The Bertz CT molecular complexity index is 1110. The lowest BCUT2D eigenvalue weighted by Crippen LogP contribution is -2.15. The summed E-state index contributed by atoms with van der Waals surface area (Å²) in [6.45, 7) is 1.98. The third kappa shape index (κ3) is 5.32. The van der Waals surface area contributed by atoms with Crippen LogP contribution < -0.4 is 5.32 Å². The van der Waals surface area contributed by atoms with Crippen molar-refractivity contribution in [1.82, 2.24) is 9.97 Å². The number of hydrogen-bond acceptors (Lipinski definition) is 6. The number of carbonyl (C=O) groups is 1. The molecule has 7 heteroatoms. The number of rotatable bonds is 7. The Morgan fingerprint density at radius 3 is 2.62 bits per heavy atom. The van der Waals surface area contributed by atoms with Gasteiger partial charge in [0.05, 0.1) is 17.8 Å². The van der Waals surface area contributed by atoms with E-state index in [1.54, 1.807) is 23.1 Å². The van der Waals surface area contributed by atoms with E-state index in [0.29, 0.717) is 6.42 Å². The first kappa shape index (κ1) is 19.8. The van der Waals surface area contributed by atoms with E-state index >= 15 is 0 Å². The van der Waals surface area contributed by atoms with Gasteiger partial charge in [-0.2, -0.15) is 0 Å². The van der Waals surface area contributed by atoms with Crippen molar-refractivity contribution in [3.8, 4) is 11.3 Å². The van der Waals surface area contributed by atoms with Crippen LogP contribution in [-0.4, -0.2) is 15.9 Å². The summed E-state index contributed by atoms with van der Waals surface area (Å²) in [7, 11) is 0. The molecule has 0 atom stereocenters. The van der Waals surface area contributed by atoms with Gasteiger partial charge in [0, 0.05) is 27.8 Å². The zero-order valence-electron chi connectivity index (χ0n) is 15.8. The average Bonchev–Trinajstić information content (AvgIpc) is 3.38. The zero-order chi connectivity index (χ0) is 20.1. The molecule has 4 rings (SSSR count). The summed E-state index contributed by atoms with van der Waals surface area (Å²) in [6.07, 6.45) is 0.291. The molecule has 0 spiro atoms. The lowest BCUT2D eigenvalue weighted by molar-refractivity contribution is -0.115. The minimum absolute atomic E-state index is 0.0414. The molecular formula is C22H19N3OS3. The third-order valence-electron chi connectivity index (χ3n) is 4.23. The Kier molecular flexibility index (Phi) is 6.39. The number of carbonyl (C=O) groups excluding carboxylic acids is 1. The molecule has 1 amide bonds. The maximum atomic E-state index is 12.3. The third-order valence-corrected chi connectivity index (χ3v) is 7.18. The molecule has 0 saturated heterocycles. The minimum atomic E-state index is -0.0414. The van der Waals surface area contributed by atoms with Gasteiger partial charge in [0.2, 0.25) is 5.91 Å². The summed E-state index contributed by atoms with van der Waals surface area (Å²) >= 11 is 4.85.